The summed E-state index contributed by atoms with van der Waals surface area (Å²) in [5.74, 6) is -0.308. The molecule has 5 heteroatoms. The summed E-state index contributed by atoms with van der Waals surface area (Å²) in [5, 5.41) is 18.6. The smallest absolute Gasteiger partial charge is 0.332 e. The maximum Gasteiger partial charge on any atom is 0.332 e. The Labute approximate surface area is 170 Å². The molecule has 1 N–H and O–H groups in total. The Balaban J connectivity index is 2.33. The lowest BCUT2D eigenvalue weighted by molar-refractivity contribution is -0.142. The van der Waals surface area contributed by atoms with Gasteiger partial charge < -0.3 is 9.84 Å². The van der Waals surface area contributed by atoms with Crippen LogP contribution in [0.3, 0.4) is 0 Å². The standard InChI is InChI=1S/C24H24N2O3/c1-23(2,22(27)28)25-26-24(18-10-6-4-7-11-18,19-12-8-5-9-13-19)20-14-16-21(29-3)17-15-20/h4-17H,1-3H3,(H,27,28)/b26-25+. The lowest BCUT2D eigenvalue weighted by Gasteiger charge is -2.31. The molecule has 0 radical (unpaired) electrons. The minimum atomic E-state index is -1.36. The third-order valence-electron chi connectivity index (χ3n) is 4.86. The van der Waals surface area contributed by atoms with Crippen molar-refractivity contribution < 1.29 is 14.6 Å². The van der Waals surface area contributed by atoms with E-state index >= 15 is 0 Å². The van der Waals surface area contributed by atoms with Crippen molar-refractivity contribution in [3.05, 3.63) is 102 Å². The van der Waals surface area contributed by atoms with Crippen molar-refractivity contribution in [1.29, 1.82) is 0 Å². The van der Waals surface area contributed by atoms with E-state index in [-0.39, 0.29) is 0 Å². The summed E-state index contributed by atoms with van der Waals surface area (Å²) in [6.07, 6.45) is 0. The topological polar surface area (TPSA) is 71.2 Å². The fraction of sp³-hybridized carbons (Fsp3) is 0.208. The first-order chi connectivity index (χ1) is 13.9. The van der Waals surface area contributed by atoms with E-state index in [0.717, 1.165) is 22.4 Å². The Hall–Kier alpha value is -3.47. The van der Waals surface area contributed by atoms with Gasteiger partial charge in [0.25, 0.3) is 0 Å². The van der Waals surface area contributed by atoms with Crippen LogP contribution in [0.4, 0.5) is 0 Å². The van der Waals surface area contributed by atoms with Gasteiger partial charge in [-0.3, -0.25) is 0 Å². The Morgan fingerprint density at radius 1 is 0.759 bits per heavy atom. The molecule has 3 aromatic carbocycles. The number of aliphatic carboxylic acids is 1. The molecule has 0 aliphatic rings. The second kappa shape index (κ2) is 8.27. The largest absolute Gasteiger partial charge is 0.497 e. The molecule has 0 aromatic heterocycles. The van der Waals surface area contributed by atoms with Gasteiger partial charge in [-0.05, 0) is 42.7 Å². The van der Waals surface area contributed by atoms with Gasteiger partial charge in [-0.1, -0.05) is 72.8 Å². The van der Waals surface area contributed by atoms with Gasteiger partial charge in [0.2, 0.25) is 0 Å². The zero-order chi connectivity index (χ0) is 20.9. The average molecular weight is 388 g/mol. The normalized spacial score (nSPS) is 12.1. The highest BCUT2D eigenvalue weighted by Gasteiger charge is 2.38. The number of hydrogen-bond donors (Lipinski definition) is 1. The molecular formula is C24H24N2O3. The molecule has 0 spiro atoms. The van der Waals surface area contributed by atoms with Crippen molar-refractivity contribution in [2.24, 2.45) is 10.2 Å². The van der Waals surface area contributed by atoms with E-state index in [0.29, 0.717) is 0 Å². The molecule has 0 heterocycles. The van der Waals surface area contributed by atoms with Gasteiger partial charge in [0.15, 0.2) is 11.1 Å². The Bertz CT molecular complexity index is 942. The predicted molar refractivity (Wildman–Crippen MR) is 112 cm³/mol. The molecule has 29 heavy (non-hydrogen) atoms. The monoisotopic (exact) mass is 388 g/mol. The van der Waals surface area contributed by atoms with Crippen LogP contribution in [0.5, 0.6) is 5.75 Å². The molecule has 0 amide bonds. The molecule has 0 saturated carbocycles. The summed E-state index contributed by atoms with van der Waals surface area (Å²) < 4.78 is 5.31. The molecule has 0 aliphatic carbocycles. The summed E-state index contributed by atoms with van der Waals surface area (Å²) in [6, 6.07) is 27.1. The number of carboxylic acids is 1. The van der Waals surface area contributed by atoms with Crippen LogP contribution in [0.25, 0.3) is 0 Å². The fourth-order valence-electron chi connectivity index (χ4n) is 3.11. The number of carboxylic acid groups (broad SMARTS) is 1. The zero-order valence-electron chi connectivity index (χ0n) is 16.7. The van der Waals surface area contributed by atoms with Gasteiger partial charge in [-0.25, -0.2) is 4.79 Å². The lowest BCUT2D eigenvalue weighted by Crippen LogP contribution is -2.32. The number of rotatable bonds is 7. The van der Waals surface area contributed by atoms with Crippen molar-refractivity contribution in [3.8, 4) is 5.75 Å². The molecule has 0 saturated heterocycles. The SMILES string of the molecule is COc1ccc(C(/N=N/C(C)(C)C(=O)O)(c2ccccc2)c2ccccc2)cc1. The van der Waals surface area contributed by atoms with Crippen LogP contribution < -0.4 is 4.74 Å². The zero-order valence-corrected chi connectivity index (χ0v) is 16.7. The Morgan fingerprint density at radius 2 is 1.21 bits per heavy atom. The van der Waals surface area contributed by atoms with E-state index in [2.05, 4.69) is 5.11 Å². The van der Waals surface area contributed by atoms with Crippen molar-refractivity contribution >= 4 is 5.97 Å². The van der Waals surface area contributed by atoms with Gasteiger partial charge in [0, 0.05) is 0 Å². The minimum absolute atomic E-state index is 0.728. The van der Waals surface area contributed by atoms with Gasteiger partial charge in [0.1, 0.15) is 5.75 Å². The molecule has 5 nitrogen and oxygen atoms in total. The molecule has 0 atom stereocenters. The van der Waals surface area contributed by atoms with Crippen LogP contribution >= 0.6 is 0 Å². The summed E-state index contributed by atoms with van der Waals surface area (Å²) in [7, 11) is 1.62. The van der Waals surface area contributed by atoms with Gasteiger partial charge >= 0.3 is 5.97 Å². The number of nitrogens with zero attached hydrogens (tertiary/aromatic N) is 2. The molecule has 0 fully saturated rings. The van der Waals surface area contributed by atoms with Crippen molar-refractivity contribution in [1.82, 2.24) is 0 Å². The highest BCUT2D eigenvalue weighted by Crippen LogP contribution is 2.42. The third-order valence-corrected chi connectivity index (χ3v) is 4.86. The van der Waals surface area contributed by atoms with E-state index in [9.17, 15) is 9.90 Å². The van der Waals surface area contributed by atoms with Crippen LogP contribution in [-0.4, -0.2) is 23.7 Å². The fourth-order valence-corrected chi connectivity index (χ4v) is 3.11. The first kappa shape index (κ1) is 20.3. The number of hydrogen-bond acceptors (Lipinski definition) is 4. The lowest BCUT2D eigenvalue weighted by atomic mass is 9.78. The van der Waals surface area contributed by atoms with E-state index in [4.69, 9.17) is 9.85 Å². The van der Waals surface area contributed by atoms with Crippen LogP contribution in [0, 0.1) is 0 Å². The molecule has 0 bridgehead atoms. The summed E-state index contributed by atoms with van der Waals surface area (Å²) in [6.45, 7) is 3.07. The van der Waals surface area contributed by atoms with Gasteiger partial charge in [-0.15, -0.1) is 0 Å². The van der Waals surface area contributed by atoms with E-state index in [1.54, 1.807) is 7.11 Å². The second-order valence-corrected chi connectivity index (χ2v) is 7.24. The van der Waals surface area contributed by atoms with Crippen LogP contribution in [0.15, 0.2) is 95.2 Å². The summed E-state index contributed by atoms with van der Waals surface area (Å²) in [5.41, 5.74) is 0.284. The number of ether oxygens (including phenoxy) is 1. The number of carbonyl (C=O) groups is 1. The minimum Gasteiger partial charge on any atom is -0.497 e. The summed E-state index contributed by atoms with van der Waals surface area (Å²) >= 11 is 0. The highest BCUT2D eigenvalue weighted by atomic mass is 16.5. The summed E-state index contributed by atoms with van der Waals surface area (Å²) in [4.78, 5) is 11.7. The van der Waals surface area contributed by atoms with Crippen molar-refractivity contribution in [2.75, 3.05) is 7.11 Å². The Morgan fingerprint density at radius 3 is 1.62 bits per heavy atom. The van der Waals surface area contributed by atoms with E-state index in [1.807, 2.05) is 84.9 Å². The first-order valence-electron chi connectivity index (χ1n) is 9.33. The first-order valence-corrected chi connectivity index (χ1v) is 9.33. The third kappa shape index (κ3) is 4.04. The predicted octanol–water partition coefficient (Wildman–Crippen LogP) is 5.30. The maximum absolute atomic E-state index is 11.7. The second-order valence-electron chi connectivity index (χ2n) is 7.24. The van der Waals surface area contributed by atoms with Crippen LogP contribution in [-0.2, 0) is 10.3 Å². The van der Waals surface area contributed by atoms with E-state index in [1.165, 1.54) is 13.8 Å². The number of azo groups is 1. The highest BCUT2D eigenvalue weighted by molar-refractivity contribution is 5.77. The van der Waals surface area contributed by atoms with E-state index < -0.39 is 17.0 Å². The quantitative estimate of drug-likeness (QED) is 0.441. The molecular weight excluding hydrogens is 364 g/mol. The molecule has 148 valence electrons. The van der Waals surface area contributed by atoms with Crippen molar-refractivity contribution in [2.45, 2.75) is 24.9 Å². The number of methoxy groups -OCH3 is 1. The molecule has 0 aliphatic heterocycles. The van der Waals surface area contributed by atoms with Crippen molar-refractivity contribution in [3.63, 3.8) is 0 Å². The molecule has 3 aromatic rings. The average Bonchev–Trinajstić information content (AvgIpc) is 2.76. The molecule has 0 unspecified atom stereocenters. The molecule has 3 rings (SSSR count). The van der Waals surface area contributed by atoms with Crippen LogP contribution in [0.2, 0.25) is 0 Å². The van der Waals surface area contributed by atoms with Gasteiger partial charge in [0.05, 0.1) is 7.11 Å². The van der Waals surface area contributed by atoms with Crippen LogP contribution in [0.1, 0.15) is 30.5 Å². The maximum atomic E-state index is 11.7. The Kier molecular flexibility index (Phi) is 5.78. The number of benzene rings is 3. The van der Waals surface area contributed by atoms with Gasteiger partial charge in [-0.2, -0.15) is 10.2 Å².